The molecule has 0 saturated carbocycles. The highest BCUT2D eigenvalue weighted by Crippen LogP contribution is 2.32. The van der Waals surface area contributed by atoms with Crippen molar-refractivity contribution >= 4 is 18.1 Å². The summed E-state index contributed by atoms with van der Waals surface area (Å²) in [6.45, 7) is 2.31. The lowest BCUT2D eigenvalue weighted by molar-refractivity contribution is -0.139. The van der Waals surface area contributed by atoms with Crippen molar-refractivity contribution < 1.29 is 17.6 Å². The molecule has 0 aliphatic heterocycles. The topological polar surface area (TPSA) is 12.0 Å². The van der Waals surface area contributed by atoms with E-state index < -0.39 is 17.6 Å². The minimum atomic E-state index is -4.63. The van der Waals surface area contributed by atoms with Gasteiger partial charge in [-0.2, -0.15) is 13.2 Å². The van der Waals surface area contributed by atoms with Crippen LogP contribution in [0.15, 0.2) is 18.2 Å². The minimum Gasteiger partial charge on any atom is -0.385 e. The zero-order chi connectivity index (χ0) is 10.8. The van der Waals surface area contributed by atoms with Crippen LogP contribution in [0.5, 0.6) is 0 Å². The van der Waals surface area contributed by atoms with Crippen LogP contribution in [0.1, 0.15) is 12.5 Å². The number of alkyl halides is 3. The second-order valence-electron chi connectivity index (χ2n) is 2.72. The van der Waals surface area contributed by atoms with Crippen LogP contribution in [-0.4, -0.2) is 6.54 Å². The molecule has 0 aromatic heterocycles. The fourth-order valence-electron chi connectivity index (χ4n) is 1.06. The molecule has 1 nitrogen and oxygen atoms in total. The van der Waals surface area contributed by atoms with Crippen molar-refractivity contribution in [2.45, 2.75) is 13.1 Å². The highest BCUT2D eigenvalue weighted by Gasteiger charge is 2.33. The first-order valence-electron chi connectivity index (χ1n) is 4.05. The summed E-state index contributed by atoms with van der Waals surface area (Å²) < 4.78 is 49.2. The Morgan fingerprint density at radius 1 is 1.27 bits per heavy atom. The lowest BCUT2D eigenvalue weighted by Crippen LogP contribution is -2.08. The van der Waals surface area contributed by atoms with Crippen LogP contribution in [-0.2, 0) is 6.18 Å². The molecule has 0 heterocycles. The van der Waals surface area contributed by atoms with Gasteiger partial charge < -0.3 is 5.32 Å². The maximum Gasteiger partial charge on any atom is 0.419 e. The van der Waals surface area contributed by atoms with E-state index in [0.29, 0.717) is 12.2 Å². The molecule has 0 radical (unpaired) electrons. The van der Waals surface area contributed by atoms with E-state index in [1.54, 1.807) is 6.92 Å². The van der Waals surface area contributed by atoms with E-state index in [0.717, 1.165) is 12.1 Å². The molecule has 0 atom stereocenters. The molecule has 15 heavy (non-hydrogen) atoms. The van der Waals surface area contributed by atoms with Crippen molar-refractivity contribution in [1.82, 2.24) is 0 Å². The molecular formula is C9H10ClF4N. The van der Waals surface area contributed by atoms with E-state index in [9.17, 15) is 17.6 Å². The van der Waals surface area contributed by atoms with Gasteiger partial charge in [-0.1, -0.05) is 0 Å². The molecule has 0 saturated heterocycles. The normalized spacial score (nSPS) is 10.7. The summed E-state index contributed by atoms with van der Waals surface area (Å²) in [6.07, 6.45) is -4.63. The number of hydrogen-bond donors (Lipinski definition) is 1. The number of benzene rings is 1. The van der Waals surface area contributed by atoms with Gasteiger partial charge in [0.2, 0.25) is 0 Å². The molecule has 6 heteroatoms. The summed E-state index contributed by atoms with van der Waals surface area (Å²) in [5, 5.41) is 2.72. The predicted octanol–water partition coefficient (Wildman–Crippen LogP) is 3.70. The number of hydrogen-bond acceptors (Lipinski definition) is 1. The third-order valence-electron chi connectivity index (χ3n) is 1.66. The van der Waals surface area contributed by atoms with Gasteiger partial charge in [-0.3, -0.25) is 0 Å². The highest BCUT2D eigenvalue weighted by molar-refractivity contribution is 5.85. The average Bonchev–Trinajstić information content (AvgIpc) is 2.02. The SMILES string of the molecule is CCNc1ccc(C(F)(F)F)c(F)c1.Cl. The fraction of sp³-hybridized carbons (Fsp3) is 0.333. The van der Waals surface area contributed by atoms with Crippen LogP contribution in [0, 0.1) is 5.82 Å². The summed E-state index contributed by atoms with van der Waals surface area (Å²) in [6, 6.07) is 2.77. The largest absolute Gasteiger partial charge is 0.419 e. The van der Waals surface area contributed by atoms with Crippen molar-refractivity contribution in [1.29, 1.82) is 0 Å². The number of nitrogens with one attached hydrogen (secondary N) is 1. The maximum atomic E-state index is 12.9. The van der Waals surface area contributed by atoms with Gasteiger partial charge >= 0.3 is 6.18 Å². The Labute approximate surface area is 90.9 Å². The summed E-state index contributed by atoms with van der Waals surface area (Å²) in [4.78, 5) is 0. The second-order valence-corrected chi connectivity index (χ2v) is 2.72. The third-order valence-corrected chi connectivity index (χ3v) is 1.66. The summed E-state index contributed by atoms with van der Waals surface area (Å²) in [5.74, 6) is -1.25. The van der Waals surface area contributed by atoms with Gasteiger partial charge in [-0.15, -0.1) is 12.4 Å². The molecule has 1 rings (SSSR count). The molecule has 0 spiro atoms. The van der Waals surface area contributed by atoms with Gasteiger partial charge in [0.15, 0.2) is 0 Å². The van der Waals surface area contributed by atoms with Gasteiger partial charge in [0.25, 0.3) is 0 Å². The molecular weight excluding hydrogens is 234 g/mol. The summed E-state index contributed by atoms with van der Waals surface area (Å²) >= 11 is 0. The Balaban J connectivity index is 0.00000196. The monoisotopic (exact) mass is 243 g/mol. The van der Waals surface area contributed by atoms with Crippen LogP contribution in [0.25, 0.3) is 0 Å². The van der Waals surface area contributed by atoms with Gasteiger partial charge in [0, 0.05) is 12.2 Å². The van der Waals surface area contributed by atoms with Crippen molar-refractivity contribution in [3.05, 3.63) is 29.6 Å². The maximum absolute atomic E-state index is 12.9. The quantitative estimate of drug-likeness (QED) is 0.781. The zero-order valence-corrected chi connectivity index (χ0v) is 8.68. The zero-order valence-electron chi connectivity index (χ0n) is 7.86. The molecule has 86 valence electrons. The Hall–Kier alpha value is -0.970. The minimum absolute atomic E-state index is 0. The van der Waals surface area contributed by atoms with E-state index >= 15 is 0 Å². The van der Waals surface area contributed by atoms with E-state index in [4.69, 9.17) is 0 Å². The average molecular weight is 244 g/mol. The summed E-state index contributed by atoms with van der Waals surface area (Å²) in [7, 11) is 0. The lowest BCUT2D eigenvalue weighted by Gasteiger charge is -2.09. The van der Waals surface area contributed by atoms with Crippen molar-refractivity contribution in [3.8, 4) is 0 Å². The molecule has 0 bridgehead atoms. The van der Waals surface area contributed by atoms with Gasteiger partial charge in [0.1, 0.15) is 5.82 Å². The highest BCUT2D eigenvalue weighted by atomic mass is 35.5. The Morgan fingerprint density at radius 2 is 1.87 bits per heavy atom. The van der Waals surface area contributed by atoms with E-state index in [1.165, 1.54) is 6.07 Å². The Bertz CT molecular complexity index is 324. The van der Waals surface area contributed by atoms with Crippen LogP contribution >= 0.6 is 12.4 Å². The van der Waals surface area contributed by atoms with Gasteiger partial charge in [-0.25, -0.2) is 4.39 Å². The molecule has 0 fully saturated rings. The van der Waals surface area contributed by atoms with Crippen molar-refractivity contribution in [2.24, 2.45) is 0 Å². The van der Waals surface area contributed by atoms with Gasteiger partial charge in [-0.05, 0) is 25.1 Å². The van der Waals surface area contributed by atoms with Crippen LogP contribution in [0.2, 0.25) is 0 Å². The van der Waals surface area contributed by atoms with Crippen LogP contribution in [0.3, 0.4) is 0 Å². The lowest BCUT2D eigenvalue weighted by atomic mass is 10.2. The smallest absolute Gasteiger partial charge is 0.385 e. The third kappa shape index (κ3) is 3.58. The molecule has 0 unspecified atom stereocenters. The first-order chi connectivity index (χ1) is 6.45. The number of anilines is 1. The first kappa shape index (κ1) is 14.0. The van der Waals surface area contributed by atoms with Crippen molar-refractivity contribution in [2.75, 3.05) is 11.9 Å². The standard InChI is InChI=1S/C9H9F4N.ClH/c1-2-14-6-3-4-7(8(10)5-6)9(11,12)13;/h3-5,14H,2H2,1H3;1H. The first-order valence-corrected chi connectivity index (χ1v) is 4.05. The molecule has 1 aromatic carbocycles. The second kappa shape index (κ2) is 5.21. The van der Waals surface area contributed by atoms with E-state index in [1.807, 2.05) is 0 Å². The molecule has 1 N–H and O–H groups in total. The number of rotatable bonds is 2. The van der Waals surface area contributed by atoms with Gasteiger partial charge in [0.05, 0.1) is 5.56 Å². The summed E-state index contributed by atoms with van der Waals surface area (Å²) in [5.41, 5.74) is -0.892. The number of halogens is 5. The predicted molar refractivity (Wildman–Crippen MR) is 52.8 cm³/mol. The Kier molecular flexibility index (Phi) is 4.87. The molecule has 0 aliphatic rings. The van der Waals surface area contributed by atoms with Crippen LogP contribution < -0.4 is 5.32 Å². The molecule has 0 amide bonds. The van der Waals surface area contributed by atoms with Crippen molar-refractivity contribution in [3.63, 3.8) is 0 Å². The molecule has 1 aromatic rings. The van der Waals surface area contributed by atoms with Crippen LogP contribution in [0.4, 0.5) is 23.2 Å². The fourth-order valence-corrected chi connectivity index (χ4v) is 1.06. The van der Waals surface area contributed by atoms with E-state index in [-0.39, 0.29) is 12.4 Å². The Morgan fingerprint density at radius 3 is 2.27 bits per heavy atom. The molecule has 0 aliphatic carbocycles. The van der Waals surface area contributed by atoms with E-state index in [2.05, 4.69) is 5.32 Å².